The van der Waals surface area contributed by atoms with Crippen molar-refractivity contribution in [1.82, 2.24) is 9.55 Å². The molecule has 1 atom stereocenters. The Kier molecular flexibility index (Phi) is 3.81. The summed E-state index contributed by atoms with van der Waals surface area (Å²) in [6, 6.07) is -0.202. The van der Waals surface area contributed by atoms with E-state index in [0.29, 0.717) is 13.2 Å². The number of aryl methyl sites for hydroxylation is 1. The number of hydrogen-bond acceptors (Lipinski definition) is 4. The highest BCUT2D eigenvalue weighted by molar-refractivity contribution is 5.07. The summed E-state index contributed by atoms with van der Waals surface area (Å²) < 4.78 is 13.2. The maximum atomic E-state index is 6.37. The molecule has 0 aromatic carbocycles. The van der Waals surface area contributed by atoms with Gasteiger partial charge in [0.05, 0.1) is 11.6 Å². The van der Waals surface area contributed by atoms with Crippen LogP contribution in [0.1, 0.15) is 31.6 Å². The maximum Gasteiger partial charge on any atom is 0.128 e. The topological polar surface area (TPSA) is 62.3 Å². The molecule has 1 aromatic rings. The number of imidazole rings is 1. The van der Waals surface area contributed by atoms with E-state index in [1.165, 1.54) is 0 Å². The Morgan fingerprint density at radius 2 is 2.29 bits per heavy atom. The van der Waals surface area contributed by atoms with Crippen LogP contribution in [0, 0.1) is 0 Å². The fourth-order valence-electron chi connectivity index (χ4n) is 2.46. The van der Waals surface area contributed by atoms with Crippen LogP contribution in [-0.4, -0.2) is 35.5 Å². The van der Waals surface area contributed by atoms with E-state index in [1.807, 2.05) is 6.20 Å². The smallest absolute Gasteiger partial charge is 0.128 e. The van der Waals surface area contributed by atoms with Gasteiger partial charge in [0.25, 0.3) is 0 Å². The third kappa shape index (κ3) is 2.22. The van der Waals surface area contributed by atoms with E-state index in [9.17, 15) is 0 Å². The molecule has 5 heteroatoms. The highest BCUT2D eigenvalue weighted by Crippen LogP contribution is 2.35. The van der Waals surface area contributed by atoms with Crippen LogP contribution in [0.25, 0.3) is 0 Å². The second kappa shape index (κ2) is 5.16. The van der Waals surface area contributed by atoms with Gasteiger partial charge in [0, 0.05) is 52.1 Å². The van der Waals surface area contributed by atoms with E-state index < -0.39 is 0 Å². The lowest BCUT2D eigenvalue weighted by molar-refractivity contribution is -0.106. The molecular formula is C12H21N3O2. The monoisotopic (exact) mass is 239 g/mol. The van der Waals surface area contributed by atoms with Crippen LogP contribution in [0.15, 0.2) is 12.4 Å². The second-order valence-electron chi connectivity index (χ2n) is 4.43. The van der Waals surface area contributed by atoms with Crippen LogP contribution >= 0.6 is 0 Å². The lowest BCUT2D eigenvalue weighted by Crippen LogP contribution is -2.48. The van der Waals surface area contributed by atoms with Gasteiger partial charge < -0.3 is 19.8 Å². The molecule has 0 radical (unpaired) electrons. The molecule has 1 fully saturated rings. The fourth-order valence-corrected chi connectivity index (χ4v) is 2.46. The van der Waals surface area contributed by atoms with Crippen LogP contribution in [0.3, 0.4) is 0 Å². The highest BCUT2D eigenvalue weighted by atomic mass is 16.5. The zero-order valence-electron chi connectivity index (χ0n) is 10.6. The van der Waals surface area contributed by atoms with E-state index in [2.05, 4.69) is 16.5 Å². The van der Waals surface area contributed by atoms with Gasteiger partial charge in [-0.1, -0.05) is 0 Å². The van der Waals surface area contributed by atoms with Crippen molar-refractivity contribution in [3.63, 3.8) is 0 Å². The first-order chi connectivity index (χ1) is 8.23. The first kappa shape index (κ1) is 12.5. The predicted octanol–water partition coefficient (Wildman–Crippen LogP) is 1.10. The van der Waals surface area contributed by atoms with Crippen molar-refractivity contribution in [3.8, 4) is 0 Å². The largest absolute Gasteiger partial charge is 0.381 e. The van der Waals surface area contributed by atoms with Gasteiger partial charge in [-0.05, 0) is 6.92 Å². The molecule has 0 spiro atoms. The number of aromatic nitrogens is 2. The Morgan fingerprint density at radius 1 is 1.59 bits per heavy atom. The third-order valence-electron chi connectivity index (χ3n) is 3.68. The Labute approximate surface area is 102 Å². The molecule has 2 N–H and O–H groups in total. The van der Waals surface area contributed by atoms with Crippen LogP contribution < -0.4 is 5.73 Å². The molecule has 0 saturated carbocycles. The van der Waals surface area contributed by atoms with Crippen LogP contribution in [0.5, 0.6) is 0 Å². The van der Waals surface area contributed by atoms with Crippen molar-refractivity contribution < 1.29 is 9.47 Å². The minimum absolute atomic E-state index is 0.202. The summed E-state index contributed by atoms with van der Waals surface area (Å²) in [7, 11) is 1.73. The summed E-state index contributed by atoms with van der Waals surface area (Å²) in [6.45, 7) is 4.36. The minimum Gasteiger partial charge on any atom is -0.381 e. The summed E-state index contributed by atoms with van der Waals surface area (Å²) in [5.74, 6) is 0.899. The summed E-state index contributed by atoms with van der Waals surface area (Å²) in [4.78, 5) is 4.37. The van der Waals surface area contributed by atoms with Gasteiger partial charge in [0.1, 0.15) is 5.82 Å². The van der Waals surface area contributed by atoms with E-state index in [4.69, 9.17) is 15.2 Å². The summed E-state index contributed by atoms with van der Waals surface area (Å²) in [5.41, 5.74) is 6.04. The van der Waals surface area contributed by atoms with Gasteiger partial charge in [-0.15, -0.1) is 0 Å². The van der Waals surface area contributed by atoms with Crippen molar-refractivity contribution in [2.24, 2.45) is 5.73 Å². The van der Waals surface area contributed by atoms with Crippen molar-refractivity contribution in [2.75, 3.05) is 20.3 Å². The Bertz CT molecular complexity index is 358. The Hall–Kier alpha value is -0.910. The van der Waals surface area contributed by atoms with Crippen LogP contribution in [0.4, 0.5) is 0 Å². The molecule has 1 aliphatic rings. The number of nitrogens with zero attached hydrogens (tertiary/aromatic N) is 2. The van der Waals surface area contributed by atoms with Gasteiger partial charge in [0.2, 0.25) is 0 Å². The number of nitrogens with two attached hydrogens (primary N) is 1. The van der Waals surface area contributed by atoms with Gasteiger partial charge in [-0.3, -0.25) is 0 Å². The van der Waals surface area contributed by atoms with E-state index in [-0.39, 0.29) is 11.6 Å². The zero-order chi connectivity index (χ0) is 12.3. The quantitative estimate of drug-likeness (QED) is 0.854. The van der Waals surface area contributed by atoms with Gasteiger partial charge in [0.15, 0.2) is 0 Å². The lowest BCUT2D eigenvalue weighted by atomic mass is 9.86. The van der Waals surface area contributed by atoms with Crippen LogP contribution in [0.2, 0.25) is 0 Å². The average molecular weight is 239 g/mol. The van der Waals surface area contributed by atoms with E-state index >= 15 is 0 Å². The van der Waals surface area contributed by atoms with Crippen molar-refractivity contribution >= 4 is 0 Å². The maximum absolute atomic E-state index is 6.37. The van der Waals surface area contributed by atoms with Crippen molar-refractivity contribution in [3.05, 3.63) is 18.2 Å². The highest BCUT2D eigenvalue weighted by Gasteiger charge is 2.41. The van der Waals surface area contributed by atoms with E-state index in [0.717, 1.165) is 25.2 Å². The van der Waals surface area contributed by atoms with Crippen LogP contribution in [-0.2, 0) is 16.0 Å². The molecule has 5 nitrogen and oxygen atoms in total. The minimum atomic E-state index is -0.337. The number of rotatable bonds is 4. The van der Waals surface area contributed by atoms with Gasteiger partial charge in [-0.2, -0.15) is 0 Å². The summed E-state index contributed by atoms with van der Waals surface area (Å²) in [5, 5.41) is 0. The summed E-state index contributed by atoms with van der Waals surface area (Å²) >= 11 is 0. The SMILES string of the molecule is CCn1ccnc1C(N)C1(OC)CCOCC1. The first-order valence-electron chi connectivity index (χ1n) is 6.13. The Morgan fingerprint density at radius 3 is 2.88 bits per heavy atom. The Balaban J connectivity index is 2.24. The molecule has 0 bridgehead atoms. The number of hydrogen-bond donors (Lipinski definition) is 1. The van der Waals surface area contributed by atoms with Gasteiger partial charge in [-0.25, -0.2) is 4.98 Å². The molecule has 1 saturated heterocycles. The fraction of sp³-hybridized carbons (Fsp3) is 0.750. The summed E-state index contributed by atoms with van der Waals surface area (Å²) in [6.07, 6.45) is 5.39. The normalized spacial score (nSPS) is 21.4. The first-order valence-corrected chi connectivity index (χ1v) is 6.13. The standard InChI is InChI=1S/C12H21N3O2/c1-3-15-7-6-14-11(15)10(13)12(16-2)4-8-17-9-5-12/h6-7,10H,3-5,8-9,13H2,1-2H3. The second-order valence-corrected chi connectivity index (χ2v) is 4.43. The number of methoxy groups -OCH3 is 1. The molecule has 0 aliphatic carbocycles. The molecule has 17 heavy (non-hydrogen) atoms. The number of ether oxygens (including phenoxy) is 2. The molecule has 1 aliphatic heterocycles. The average Bonchev–Trinajstić information content (AvgIpc) is 2.86. The molecule has 2 heterocycles. The third-order valence-corrected chi connectivity index (χ3v) is 3.68. The van der Waals surface area contributed by atoms with Gasteiger partial charge >= 0.3 is 0 Å². The molecule has 2 rings (SSSR count). The van der Waals surface area contributed by atoms with Crippen molar-refractivity contribution in [2.45, 2.75) is 38.0 Å². The lowest BCUT2D eigenvalue weighted by Gasteiger charge is -2.40. The molecular weight excluding hydrogens is 218 g/mol. The predicted molar refractivity (Wildman–Crippen MR) is 64.6 cm³/mol. The molecule has 0 amide bonds. The molecule has 1 aromatic heterocycles. The zero-order valence-corrected chi connectivity index (χ0v) is 10.6. The molecule has 96 valence electrons. The molecule has 1 unspecified atom stereocenters. The van der Waals surface area contributed by atoms with Crippen molar-refractivity contribution in [1.29, 1.82) is 0 Å². The van der Waals surface area contributed by atoms with E-state index in [1.54, 1.807) is 13.3 Å².